The van der Waals surface area contributed by atoms with Gasteiger partial charge in [0.25, 0.3) is 5.91 Å². The fourth-order valence-electron chi connectivity index (χ4n) is 3.18. The maximum Gasteiger partial charge on any atom is 0.253 e. The molecule has 0 unspecified atom stereocenters. The van der Waals surface area contributed by atoms with Crippen LogP contribution >= 0.6 is 11.6 Å². The van der Waals surface area contributed by atoms with Crippen LogP contribution in [0.3, 0.4) is 0 Å². The smallest absolute Gasteiger partial charge is 0.253 e. The van der Waals surface area contributed by atoms with Crippen LogP contribution in [0.15, 0.2) is 42.6 Å². The second-order valence-corrected chi connectivity index (χ2v) is 7.85. The zero-order chi connectivity index (χ0) is 20.8. The van der Waals surface area contributed by atoms with Gasteiger partial charge in [0.15, 0.2) is 10.9 Å². The molecule has 0 spiro atoms. The van der Waals surface area contributed by atoms with Gasteiger partial charge in [-0.15, -0.1) is 0 Å². The van der Waals surface area contributed by atoms with Crippen molar-refractivity contribution in [2.75, 3.05) is 13.1 Å². The van der Waals surface area contributed by atoms with Crippen LogP contribution in [-0.2, 0) is 0 Å². The number of nitrogens with zero attached hydrogens (tertiary/aromatic N) is 2. The molecule has 0 aliphatic carbocycles. The SMILES string of the molecule is CC[C@@H](C)C/C=C/c1cnc(Cl)c(O[C@@H]2CCN(C(=O)c3ccc(F)cc3)C2)c1. The Kier molecular flexibility index (Phi) is 7.26. The minimum atomic E-state index is -0.357. The first kappa shape index (κ1) is 21.3. The quantitative estimate of drug-likeness (QED) is 0.550. The third-order valence-electron chi connectivity index (χ3n) is 5.19. The Morgan fingerprint density at radius 3 is 2.90 bits per heavy atom. The summed E-state index contributed by atoms with van der Waals surface area (Å²) >= 11 is 6.21. The first-order valence-electron chi connectivity index (χ1n) is 9.99. The van der Waals surface area contributed by atoms with Gasteiger partial charge in [0.1, 0.15) is 11.9 Å². The van der Waals surface area contributed by atoms with E-state index in [0.29, 0.717) is 41.9 Å². The van der Waals surface area contributed by atoms with Crippen molar-refractivity contribution < 1.29 is 13.9 Å². The Morgan fingerprint density at radius 1 is 1.41 bits per heavy atom. The molecule has 1 saturated heterocycles. The monoisotopic (exact) mass is 416 g/mol. The summed E-state index contributed by atoms with van der Waals surface area (Å²) in [5.74, 6) is 0.690. The largest absolute Gasteiger partial charge is 0.485 e. The summed E-state index contributed by atoms with van der Waals surface area (Å²) in [6, 6.07) is 7.47. The van der Waals surface area contributed by atoms with Gasteiger partial charge in [0, 0.05) is 24.7 Å². The maximum absolute atomic E-state index is 13.1. The Hall–Kier alpha value is -2.40. The van der Waals surface area contributed by atoms with Crippen molar-refractivity contribution in [2.24, 2.45) is 5.92 Å². The van der Waals surface area contributed by atoms with Gasteiger partial charge in [-0.2, -0.15) is 0 Å². The number of aromatic nitrogens is 1. The van der Waals surface area contributed by atoms with Gasteiger partial charge in [-0.05, 0) is 48.2 Å². The normalized spacial score (nSPS) is 17.7. The second kappa shape index (κ2) is 9.88. The molecule has 154 valence electrons. The summed E-state index contributed by atoms with van der Waals surface area (Å²) in [7, 11) is 0. The molecule has 1 fully saturated rings. The van der Waals surface area contributed by atoms with Crippen LogP contribution in [0.25, 0.3) is 6.08 Å². The first-order chi connectivity index (χ1) is 14.0. The van der Waals surface area contributed by atoms with Gasteiger partial charge < -0.3 is 9.64 Å². The molecule has 2 atom stereocenters. The number of likely N-dealkylation sites (tertiary alicyclic amines) is 1. The number of pyridine rings is 1. The highest BCUT2D eigenvalue weighted by Gasteiger charge is 2.29. The van der Waals surface area contributed by atoms with Crippen LogP contribution < -0.4 is 4.74 Å². The molecule has 0 radical (unpaired) electrons. The minimum Gasteiger partial charge on any atom is -0.485 e. The van der Waals surface area contributed by atoms with Gasteiger partial charge in [0.2, 0.25) is 0 Å². The number of carbonyl (C=O) groups excluding carboxylic acids is 1. The first-order valence-corrected chi connectivity index (χ1v) is 10.4. The van der Waals surface area contributed by atoms with Gasteiger partial charge >= 0.3 is 0 Å². The van der Waals surface area contributed by atoms with Gasteiger partial charge in [-0.3, -0.25) is 4.79 Å². The van der Waals surface area contributed by atoms with E-state index in [9.17, 15) is 9.18 Å². The zero-order valence-electron chi connectivity index (χ0n) is 16.8. The van der Waals surface area contributed by atoms with E-state index >= 15 is 0 Å². The van der Waals surface area contributed by atoms with E-state index in [-0.39, 0.29) is 17.8 Å². The second-order valence-electron chi connectivity index (χ2n) is 7.50. The lowest BCUT2D eigenvalue weighted by Gasteiger charge is -2.18. The van der Waals surface area contributed by atoms with Crippen LogP contribution in [-0.4, -0.2) is 35.0 Å². The van der Waals surface area contributed by atoms with E-state index in [1.54, 1.807) is 11.1 Å². The third kappa shape index (κ3) is 5.80. The fraction of sp³-hybridized carbons (Fsp3) is 0.391. The molecule has 1 aromatic carbocycles. The Bertz CT molecular complexity index is 870. The summed E-state index contributed by atoms with van der Waals surface area (Å²) in [5, 5.41) is 0.312. The highest BCUT2D eigenvalue weighted by molar-refractivity contribution is 6.30. The number of allylic oxidation sites excluding steroid dienone is 1. The minimum absolute atomic E-state index is 0.123. The standard InChI is InChI=1S/C23H26ClFN2O2/c1-3-16(2)5-4-6-17-13-21(22(24)26-14-17)29-20-11-12-27(15-20)23(28)18-7-9-19(25)10-8-18/h4,6-10,13-14,16,20H,3,5,11-12,15H2,1-2H3/b6-4+/t16-,20-/m1/s1. The Labute approximate surface area is 176 Å². The molecule has 0 N–H and O–H groups in total. The van der Waals surface area contributed by atoms with Crippen LogP contribution in [0.1, 0.15) is 49.0 Å². The maximum atomic E-state index is 13.1. The zero-order valence-corrected chi connectivity index (χ0v) is 17.5. The summed E-state index contributed by atoms with van der Waals surface area (Å²) in [6.07, 6.45) is 8.60. The summed E-state index contributed by atoms with van der Waals surface area (Å²) in [4.78, 5) is 18.5. The van der Waals surface area contributed by atoms with Crippen molar-refractivity contribution in [2.45, 2.75) is 39.2 Å². The number of hydrogen-bond acceptors (Lipinski definition) is 3. The van der Waals surface area contributed by atoms with Crippen molar-refractivity contribution in [3.05, 3.63) is 64.7 Å². The Morgan fingerprint density at radius 2 is 2.17 bits per heavy atom. The van der Waals surface area contributed by atoms with Crippen molar-refractivity contribution in [3.63, 3.8) is 0 Å². The number of rotatable bonds is 7. The lowest BCUT2D eigenvalue weighted by Crippen LogP contribution is -2.31. The molecular weight excluding hydrogens is 391 g/mol. The molecule has 1 amide bonds. The summed E-state index contributed by atoms with van der Waals surface area (Å²) in [5.41, 5.74) is 1.41. The van der Waals surface area contributed by atoms with Crippen LogP contribution in [0.4, 0.5) is 4.39 Å². The number of carbonyl (C=O) groups is 1. The molecule has 1 aliphatic rings. The molecule has 29 heavy (non-hydrogen) atoms. The topological polar surface area (TPSA) is 42.4 Å². The molecule has 0 bridgehead atoms. The summed E-state index contributed by atoms with van der Waals surface area (Å²) in [6.45, 7) is 5.44. The van der Waals surface area contributed by atoms with Crippen molar-refractivity contribution >= 4 is 23.6 Å². The van der Waals surface area contributed by atoms with Crippen molar-refractivity contribution in [1.82, 2.24) is 9.88 Å². The average Bonchev–Trinajstić information content (AvgIpc) is 3.18. The van der Waals surface area contributed by atoms with Crippen LogP contribution in [0.5, 0.6) is 5.75 Å². The van der Waals surface area contributed by atoms with Crippen molar-refractivity contribution in [3.8, 4) is 5.75 Å². The molecular formula is C23H26ClFN2O2. The van der Waals surface area contributed by atoms with E-state index in [1.807, 2.05) is 12.1 Å². The molecule has 0 saturated carbocycles. The molecule has 2 aromatic rings. The molecule has 4 nitrogen and oxygen atoms in total. The van der Waals surface area contributed by atoms with Gasteiger partial charge in [-0.1, -0.05) is 44.0 Å². The molecule has 6 heteroatoms. The van der Waals surface area contributed by atoms with E-state index < -0.39 is 0 Å². The number of hydrogen-bond donors (Lipinski definition) is 0. The molecule has 3 rings (SSSR count). The van der Waals surface area contributed by atoms with Gasteiger partial charge in [-0.25, -0.2) is 9.37 Å². The van der Waals surface area contributed by atoms with Gasteiger partial charge in [0.05, 0.1) is 6.54 Å². The number of halogens is 2. The lowest BCUT2D eigenvalue weighted by molar-refractivity contribution is 0.0772. The highest BCUT2D eigenvalue weighted by atomic mass is 35.5. The molecule has 1 aromatic heterocycles. The number of benzene rings is 1. The highest BCUT2D eigenvalue weighted by Crippen LogP contribution is 2.27. The number of amides is 1. The van der Waals surface area contributed by atoms with Crippen LogP contribution in [0, 0.1) is 11.7 Å². The van der Waals surface area contributed by atoms with E-state index in [0.717, 1.165) is 18.4 Å². The predicted molar refractivity (Wildman–Crippen MR) is 114 cm³/mol. The van der Waals surface area contributed by atoms with E-state index in [2.05, 4.69) is 24.9 Å². The van der Waals surface area contributed by atoms with Crippen LogP contribution in [0.2, 0.25) is 5.15 Å². The third-order valence-corrected chi connectivity index (χ3v) is 5.47. The fourth-order valence-corrected chi connectivity index (χ4v) is 3.33. The summed E-state index contributed by atoms with van der Waals surface area (Å²) < 4.78 is 19.1. The number of ether oxygens (including phenoxy) is 1. The van der Waals surface area contributed by atoms with Crippen molar-refractivity contribution in [1.29, 1.82) is 0 Å². The Balaban J connectivity index is 1.61. The van der Waals surface area contributed by atoms with E-state index in [4.69, 9.17) is 16.3 Å². The predicted octanol–water partition coefficient (Wildman–Crippen LogP) is 5.62. The lowest BCUT2D eigenvalue weighted by atomic mass is 10.0. The average molecular weight is 417 g/mol. The molecule has 1 aliphatic heterocycles. The van der Waals surface area contributed by atoms with E-state index in [1.165, 1.54) is 24.3 Å². The molecule has 2 heterocycles.